The summed E-state index contributed by atoms with van der Waals surface area (Å²) in [6, 6.07) is 5.71. The molecule has 1 aliphatic heterocycles. The maximum atomic E-state index is 9.90. The lowest BCUT2D eigenvalue weighted by Gasteiger charge is -2.46. The molecular weight excluding hydrogens is 202 g/mol. The van der Waals surface area contributed by atoms with Crippen molar-refractivity contribution in [3.8, 4) is 6.07 Å². The summed E-state index contributed by atoms with van der Waals surface area (Å²) in [7, 11) is 0. The van der Waals surface area contributed by atoms with E-state index in [1.54, 1.807) is 6.07 Å². The summed E-state index contributed by atoms with van der Waals surface area (Å²) in [5.74, 6) is 0.842. The van der Waals surface area contributed by atoms with Gasteiger partial charge in [0, 0.05) is 13.1 Å². The lowest BCUT2D eigenvalue weighted by molar-refractivity contribution is 0.00805. The van der Waals surface area contributed by atoms with E-state index in [2.05, 4.69) is 11.1 Å². The van der Waals surface area contributed by atoms with Gasteiger partial charge in [-0.05, 0) is 25.5 Å². The Morgan fingerprint density at radius 3 is 2.75 bits per heavy atom. The van der Waals surface area contributed by atoms with Crippen LogP contribution < -0.4 is 4.90 Å². The molecule has 16 heavy (non-hydrogen) atoms. The highest BCUT2D eigenvalue weighted by Gasteiger charge is 2.40. The van der Waals surface area contributed by atoms with E-state index in [-0.39, 0.29) is 0 Å². The van der Waals surface area contributed by atoms with Gasteiger partial charge in [0.05, 0.1) is 16.9 Å². The molecule has 0 aliphatic carbocycles. The van der Waals surface area contributed by atoms with Crippen LogP contribution in [0.5, 0.6) is 0 Å². The zero-order valence-corrected chi connectivity index (χ0v) is 9.56. The highest BCUT2D eigenvalue weighted by Crippen LogP contribution is 2.28. The Kier molecular flexibility index (Phi) is 2.56. The first-order valence-electron chi connectivity index (χ1n) is 5.43. The first-order chi connectivity index (χ1) is 7.58. The monoisotopic (exact) mass is 217 g/mol. The molecule has 0 radical (unpaired) electrons. The van der Waals surface area contributed by atoms with Crippen LogP contribution in [0.25, 0.3) is 0 Å². The molecule has 0 amide bonds. The van der Waals surface area contributed by atoms with Crippen molar-refractivity contribution in [1.29, 1.82) is 5.26 Å². The summed E-state index contributed by atoms with van der Waals surface area (Å²) in [5.41, 5.74) is 0.797. The van der Waals surface area contributed by atoms with E-state index in [1.165, 1.54) is 0 Å². The van der Waals surface area contributed by atoms with Crippen LogP contribution in [0.15, 0.2) is 12.1 Å². The number of nitrogens with zero attached hydrogens (tertiary/aromatic N) is 3. The molecule has 0 saturated carbocycles. The van der Waals surface area contributed by atoms with Crippen LogP contribution in [0.3, 0.4) is 0 Å². The smallest absolute Gasteiger partial charge is 0.129 e. The predicted octanol–water partition coefficient (Wildman–Crippen LogP) is 1.22. The molecule has 84 valence electrons. The van der Waals surface area contributed by atoms with Crippen LogP contribution >= 0.6 is 0 Å². The van der Waals surface area contributed by atoms with Gasteiger partial charge in [-0.2, -0.15) is 5.26 Å². The average molecular weight is 217 g/mol. The number of anilines is 1. The number of pyridine rings is 1. The van der Waals surface area contributed by atoms with E-state index in [1.807, 2.05) is 24.8 Å². The van der Waals surface area contributed by atoms with Crippen molar-refractivity contribution < 1.29 is 5.11 Å². The number of aliphatic hydroxyl groups is 1. The van der Waals surface area contributed by atoms with Crippen molar-refractivity contribution in [2.75, 3.05) is 18.0 Å². The van der Waals surface area contributed by atoms with Gasteiger partial charge in [0.1, 0.15) is 11.9 Å². The molecule has 1 fully saturated rings. The number of aryl methyl sites for hydroxylation is 1. The molecule has 0 aromatic carbocycles. The maximum Gasteiger partial charge on any atom is 0.129 e. The zero-order valence-electron chi connectivity index (χ0n) is 9.56. The van der Waals surface area contributed by atoms with Gasteiger partial charge in [0.15, 0.2) is 0 Å². The normalized spacial score (nSPS) is 17.8. The van der Waals surface area contributed by atoms with Crippen LogP contribution in [0.4, 0.5) is 5.82 Å². The first-order valence-corrected chi connectivity index (χ1v) is 5.43. The Hall–Kier alpha value is -1.60. The Morgan fingerprint density at radius 1 is 1.56 bits per heavy atom. The van der Waals surface area contributed by atoms with Gasteiger partial charge in [-0.15, -0.1) is 0 Å². The fourth-order valence-electron chi connectivity index (χ4n) is 1.89. The maximum absolute atomic E-state index is 9.90. The van der Waals surface area contributed by atoms with Crippen molar-refractivity contribution in [2.24, 2.45) is 0 Å². The van der Waals surface area contributed by atoms with Crippen LogP contribution in [-0.4, -0.2) is 28.8 Å². The molecule has 1 aliphatic rings. The number of rotatable bonds is 2. The Morgan fingerprint density at radius 2 is 2.25 bits per heavy atom. The molecule has 2 rings (SSSR count). The fraction of sp³-hybridized carbons (Fsp3) is 0.500. The van der Waals surface area contributed by atoms with Crippen LogP contribution in [0.1, 0.15) is 24.6 Å². The minimum absolute atomic E-state index is 0.552. The summed E-state index contributed by atoms with van der Waals surface area (Å²) in [6.45, 7) is 5.06. The third kappa shape index (κ3) is 1.74. The van der Waals surface area contributed by atoms with Gasteiger partial charge in [-0.25, -0.2) is 4.98 Å². The van der Waals surface area contributed by atoms with E-state index in [9.17, 15) is 5.11 Å². The van der Waals surface area contributed by atoms with Crippen LogP contribution in [-0.2, 0) is 0 Å². The van der Waals surface area contributed by atoms with Gasteiger partial charge in [0.2, 0.25) is 0 Å². The standard InChI is InChI=1S/C12H15N3O/c1-3-12(16)7-15(8-12)11-5-4-10(6-13)9(2)14-11/h4-5,16H,3,7-8H2,1-2H3. The Balaban J connectivity index is 2.14. The largest absolute Gasteiger partial charge is 0.386 e. The molecular formula is C12H15N3O. The van der Waals surface area contributed by atoms with E-state index in [0.717, 1.165) is 17.9 Å². The third-order valence-corrected chi connectivity index (χ3v) is 3.14. The molecule has 0 unspecified atom stereocenters. The summed E-state index contributed by atoms with van der Waals surface area (Å²) in [6.07, 6.45) is 0.763. The number of hydrogen-bond acceptors (Lipinski definition) is 4. The second kappa shape index (κ2) is 3.76. The SMILES string of the molecule is CCC1(O)CN(c2ccc(C#N)c(C)n2)C1. The van der Waals surface area contributed by atoms with Crippen molar-refractivity contribution >= 4 is 5.82 Å². The summed E-state index contributed by atoms with van der Waals surface area (Å²) in [4.78, 5) is 6.38. The number of aromatic nitrogens is 1. The summed E-state index contributed by atoms with van der Waals surface area (Å²) in [5, 5.41) is 18.7. The summed E-state index contributed by atoms with van der Waals surface area (Å²) < 4.78 is 0. The number of nitriles is 1. The quantitative estimate of drug-likeness (QED) is 0.809. The molecule has 0 spiro atoms. The molecule has 0 atom stereocenters. The van der Waals surface area contributed by atoms with Gasteiger partial charge >= 0.3 is 0 Å². The van der Waals surface area contributed by atoms with Gasteiger partial charge in [-0.1, -0.05) is 6.92 Å². The van der Waals surface area contributed by atoms with Gasteiger partial charge in [-0.3, -0.25) is 0 Å². The lowest BCUT2D eigenvalue weighted by Crippen LogP contribution is -2.61. The average Bonchev–Trinajstić information content (AvgIpc) is 2.24. The van der Waals surface area contributed by atoms with Gasteiger partial charge in [0.25, 0.3) is 0 Å². The highest BCUT2D eigenvalue weighted by molar-refractivity contribution is 5.48. The minimum atomic E-state index is -0.552. The second-order valence-corrected chi connectivity index (χ2v) is 4.35. The molecule has 1 aromatic rings. The van der Waals surface area contributed by atoms with Gasteiger partial charge < -0.3 is 10.0 Å². The summed E-state index contributed by atoms with van der Waals surface area (Å²) >= 11 is 0. The molecule has 0 bridgehead atoms. The van der Waals surface area contributed by atoms with E-state index < -0.39 is 5.60 Å². The second-order valence-electron chi connectivity index (χ2n) is 4.35. The number of hydrogen-bond donors (Lipinski definition) is 1. The van der Waals surface area contributed by atoms with E-state index in [0.29, 0.717) is 18.7 Å². The molecule has 2 heterocycles. The highest BCUT2D eigenvalue weighted by atomic mass is 16.3. The van der Waals surface area contributed by atoms with Crippen molar-refractivity contribution in [3.63, 3.8) is 0 Å². The fourth-order valence-corrected chi connectivity index (χ4v) is 1.89. The third-order valence-electron chi connectivity index (χ3n) is 3.14. The molecule has 1 aromatic heterocycles. The zero-order chi connectivity index (χ0) is 11.8. The predicted molar refractivity (Wildman–Crippen MR) is 61.1 cm³/mol. The Labute approximate surface area is 95.1 Å². The minimum Gasteiger partial charge on any atom is -0.386 e. The molecule has 1 N–H and O–H groups in total. The van der Waals surface area contributed by atoms with E-state index >= 15 is 0 Å². The van der Waals surface area contributed by atoms with E-state index in [4.69, 9.17) is 5.26 Å². The van der Waals surface area contributed by atoms with Crippen molar-refractivity contribution in [2.45, 2.75) is 25.9 Å². The first kappa shape index (κ1) is 10.9. The molecule has 4 heteroatoms. The van der Waals surface area contributed by atoms with Crippen LogP contribution in [0.2, 0.25) is 0 Å². The number of β-amino-alcohol motifs (C(OH)–C–C–N with tert-alkyl or cyclic N) is 1. The van der Waals surface area contributed by atoms with Crippen molar-refractivity contribution in [1.82, 2.24) is 4.98 Å². The molecule has 1 saturated heterocycles. The molecule has 4 nitrogen and oxygen atoms in total. The Bertz CT molecular complexity index is 444. The lowest BCUT2D eigenvalue weighted by atomic mass is 9.91. The van der Waals surface area contributed by atoms with Crippen LogP contribution in [0, 0.1) is 18.3 Å². The van der Waals surface area contributed by atoms with Crippen molar-refractivity contribution in [3.05, 3.63) is 23.4 Å². The topological polar surface area (TPSA) is 60.1 Å².